The molecule has 1 fully saturated rings. The number of aromatic nitrogens is 1. The molecule has 0 saturated carbocycles. The van der Waals surface area contributed by atoms with E-state index in [0.29, 0.717) is 18.0 Å². The fourth-order valence-corrected chi connectivity index (χ4v) is 5.78. The minimum atomic E-state index is -0.176. The number of piperidine rings is 1. The van der Waals surface area contributed by atoms with Crippen molar-refractivity contribution < 1.29 is 9.32 Å². The zero-order valence-corrected chi connectivity index (χ0v) is 19.5. The number of carbonyl (C=O) groups excluding carboxylic acids is 1. The number of hydrogen-bond acceptors (Lipinski definition) is 5. The fraction of sp³-hybridized carbons (Fsp3) is 0.462. The molecule has 6 heteroatoms. The summed E-state index contributed by atoms with van der Waals surface area (Å²) in [5, 5.41) is 9.29. The summed E-state index contributed by atoms with van der Waals surface area (Å²) in [6.07, 6.45) is 7.20. The van der Waals surface area contributed by atoms with Crippen LogP contribution < -0.4 is 5.32 Å². The highest BCUT2D eigenvalue weighted by molar-refractivity contribution is 7.10. The van der Waals surface area contributed by atoms with Gasteiger partial charge in [-0.05, 0) is 86.2 Å². The second-order valence-electron chi connectivity index (χ2n) is 9.23. The predicted octanol–water partition coefficient (Wildman–Crippen LogP) is 5.48. The van der Waals surface area contributed by atoms with Crippen molar-refractivity contribution in [2.45, 2.75) is 51.5 Å². The quantitative estimate of drug-likeness (QED) is 0.541. The van der Waals surface area contributed by atoms with E-state index in [-0.39, 0.29) is 11.9 Å². The van der Waals surface area contributed by atoms with Crippen LogP contribution in [0.25, 0.3) is 11.3 Å². The maximum absolute atomic E-state index is 12.9. The molecule has 1 N–H and O–H groups in total. The van der Waals surface area contributed by atoms with Crippen LogP contribution in [0.4, 0.5) is 0 Å². The Morgan fingerprint density at radius 2 is 2.00 bits per heavy atom. The summed E-state index contributed by atoms with van der Waals surface area (Å²) >= 11 is 1.76. The first-order valence-electron chi connectivity index (χ1n) is 11.8. The Labute approximate surface area is 193 Å². The van der Waals surface area contributed by atoms with Crippen LogP contribution in [0, 0.1) is 5.92 Å². The highest BCUT2D eigenvalue weighted by atomic mass is 32.1. The molecule has 0 bridgehead atoms. The monoisotopic (exact) mass is 449 g/mol. The summed E-state index contributed by atoms with van der Waals surface area (Å²) in [4.78, 5) is 16.7. The SMILES string of the molecule is CC1CCN(C(CNC(=O)c2cc(-c3ccc4c(c3)CCCC4)on2)c2cccs2)CC1. The summed E-state index contributed by atoms with van der Waals surface area (Å²) in [5.74, 6) is 1.26. The molecule has 3 aromatic rings. The highest BCUT2D eigenvalue weighted by Gasteiger charge is 2.26. The Kier molecular flexibility index (Phi) is 6.42. The summed E-state index contributed by atoms with van der Waals surface area (Å²) in [5.41, 5.74) is 4.17. The van der Waals surface area contributed by atoms with Crippen LogP contribution in [-0.4, -0.2) is 35.6 Å². The molecule has 5 nitrogen and oxygen atoms in total. The van der Waals surface area contributed by atoms with Crippen molar-refractivity contribution in [2.75, 3.05) is 19.6 Å². The standard InChI is InChI=1S/C26H31N3O2S/c1-18-10-12-29(13-11-18)23(25-7-4-14-32-25)17-27-26(30)22-16-24(31-28-22)21-9-8-19-5-2-3-6-20(19)15-21/h4,7-9,14-16,18,23H,2-3,5-6,10-13,17H2,1H3,(H,27,30). The Morgan fingerprint density at radius 1 is 1.19 bits per heavy atom. The first-order valence-corrected chi connectivity index (χ1v) is 12.7. The number of thiophene rings is 1. The lowest BCUT2D eigenvalue weighted by molar-refractivity contribution is 0.0906. The zero-order chi connectivity index (χ0) is 21.9. The number of rotatable bonds is 6. The van der Waals surface area contributed by atoms with Crippen LogP contribution in [0.1, 0.15) is 65.1 Å². The van der Waals surface area contributed by atoms with Gasteiger partial charge >= 0.3 is 0 Å². The van der Waals surface area contributed by atoms with E-state index in [4.69, 9.17) is 4.52 Å². The number of nitrogens with zero attached hydrogens (tertiary/aromatic N) is 2. The first-order chi connectivity index (χ1) is 15.7. The second-order valence-corrected chi connectivity index (χ2v) is 10.2. The number of hydrogen-bond donors (Lipinski definition) is 1. The summed E-state index contributed by atoms with van der Waals surface area (Å²) in [6, 6.07) is 12.7. The van der Waals surface area contributed by atoms with Gasteiger partial charge in [-0.1, -0.05) is 30.3 Å². The molecule has 1 aliphatic carbocycles. The first kappa shape index (κ1) is 21.4. The van der Waals surface area contributed by atoms with Crippen LogP contribution in [0.2, 0.25) is 0 Å². The molecule has 0 spiro atoms. The molecule has 1 amide bonds. The number of amides is 1. The van der Waals surface area contributed by atoms with Gasteiger partial charge in [-0.2, -0.15) is 0 Å². The molecule has 2 aromatic heterocycles. The summed E-state index contributed by atoms with van der Waals surface area (Å²) in [6.45, 7) is 5.05. The van der Waals surface area contributed by atoms with Crippen molar-refractivity contribution in [3.8, 4) is 11.3 Å². The Morgan fingerprint density at radius 3 is 2.78 bits per heavy atom. The molecule has 32 heavy (non-hydrogen) atoms. The smallest absolute Gasteiger partial charge is 0.273 e. The molecule has 5 rings (SSSR count). The van der Waals surface area contributed by atoms with Gasteiger partial charge in [0.1, 0.15) is 0 Å². The molecule has 0 radical (unpaired) electrons. The Balaban J connectivity index is 1.26. The number of benzene rings is 1. The zero-order valence-electron chi connectivity index (χ0n) is 18.7. The third kappa shape index (κ3) is 4.66. The van der Waals surface area contributed by atoms with Gasteiger partial charge in [0.05, 0.1) is 6.04 Å². The van der Waals surface area contributed by atoms with E-state index in [1.807, 2.05) is 0 Å². The van der Waals surface area contributed by atoms with Gasteiger partial charge in [-0.3, -0.25) is 9.69 Å². The van der Waals surface area contributed by atoms with Crippen molar-refractivity contribution >= 4 is 17.2 Å². The molecule has 1 atom stereocenters. The van der Waals surface area contributed by atoms with E-state index in [2.05, 4.69) is 58.0 Å². The largest absolute Gasteiger partial charge is 0.355 e. The number of carbonyl (C=O) groups is 1. The molecular formula is C26H31N3O2S. The van der Waals surface area contributed by atoms with Gasteiger partial charge in [0, 0.05) is 23.1 Å². The molecule has 1 saturated heterocycles. The fourth-order valence-electron chi connectivity index (χ4n) is 4.92. The van der Waals surface area contributed by atoms with E-state index in [1.165, 1.54) is 41.7 Å². The van der Waals surface area contributed by atoms with E-state index in [0.717, 1.165) is 37.4 Å². The van der Waals surface area contributed by atoms with Crippen molar-refractivity contribution in [1.29, 1.82) is 0 Å². The highest BCUT2D eigenvalue weighted by Crippen LogP contribution is 2.30. The van der Waals surface area contributed by atoms with Gasteiger partial charge in [-0.25, -0.2) is 0 Å². The molecule has 168 valence electrons. The number of likely N-dealkylation sites (tertiary alicyclic amines) is 1. The van der Waals surface area contributed by atoms with E-state index in [1.54, 1.807) is 17.4 Å². The maximum Gasteiger partial charge on any atom is 0.273 e. The van der Waals surface area contributed by atoms with Crippen molar-refractivity contribution in [3.05, 3.63) is 63.5 Å². The van der Waals surface area contributed by atoms with Crippen LogP contribution in [-0.2, 0) is 12.8 Å². The van der Waals surface area contributed by atoms with Crippen molar-refractivity contribution in [3.63, 3.8) is 0 Å². The van der Waals surface area contributed by atoms with E-state index in [9.17, 15) is 4.79 Å². The second kappa shape index (κ2) is 9.59. The molecule has 2 aliphatic rings. The van der Waals surface area contributed by atoms with Gasteiger partial charge < -0.3 is 9.84 Å². The van der Waals surface area contributed by atoms with Crippen LogP contribution in [0.3, 0.4) is 0 Å². The van der Waals surface area contributed by atoms with Crippen LogP contribution in [0.5, 0.6) is 0 Å². The van der Waals surface area contributed by atoms with Gasteiger partial charge in [0.15, 0.2) is 11.5 Å². The third-order valence-corrected chi connectivity index (χ3v) is 7.94. The van der Waals surface area contributed by atoms with Gasteiger partial charge in [0.2, 0.25) is 0 Å². The molecule has 1 aliphatic heterocycles. The minimum absolute atomic E-state index is 0.176. The van der Waals surface area contributed by atoms with Crippen LogP contribution in [0.15, 0.2) is 46.3 Å². The lowest BCUT2D eigenvalue weighted by atomic mass is 9.90. The van der Waals surface area contributed by atoms with E-state index >= 15 is 0 Å². The molecule has 1 aromatic carbocycles. The van der Waals surface area contributed by atoms with E-state index < -0.39 is 0 Å². The van der Waals surface area contributed by atoms with Gasteiger partial charge in [-0.15, -0.1) is 11.3 Å². The van der Waals surface area contributed by atoms with Crippen molar-refractivity contribution in [1.82, 2.24) is 15.4 Å². The Hall–Kier alpha value is -2.44. The van der Waals surface area contributed by atoms with Crippen molar-refractivity contribution in [2.24, 2.45) is 5.92 Å². The average Bonchev–Trinajstić information content (AvgIpc) is 3.53. The Bertz CT molecular complexity index is 1050. The number of nitrogens with one attached hydrogen (secondary N) is 1. The van der Waals surface area contributed by atoms with Crippen LogP contribution >= 0.6 is 11.3 Å². The molecular weight excluding hydrogens is 418 g/mol. The summed E-state index contributed by atoms with van der Waals surface area (Å²) in [7, 11) is 0. The topological polar surface area (TPSA) is 58.4 Å². The maximum atomic E-state index is 12.9. The minimum Gasteiger partial charge on any atom is -0.355 e. The van der Waals surface area contributed by atoms with Gasteiger partial charge in [0.25, 0.3) is 5.91 Å². The lowest BCUT2D eigenvalue weighted by Crippen LogP contribution is -2.41. The average molecular weight is 450 g/mol. The third-order valence-electron chi connectivity index (χ3n) is 6.96. The molecule has 1 unspecified atom stereocenters. The normalized spacial score (nSPS) is 18.3. The lowest BCUT2D eigenvalue weighted by Gasteiger charge is -2.36. The summed E-state index contributed by atoms with van der Waals surface area (Å²) < 4.78 is 5.55. The number of aryl methyl sites for hydroxylation is 2. The predicted molar refractivity (Wildman–Crippen MR) is 128 cm³/mol. The molecule has 3 heterocycles. The number of fused-ring (bicyclic) bond motifs is 1.